The number of hydrogen-bond acceptors (Lipinski definition) is 6. The van der Waals surface area contributed by atoms with Gasteiger partial charge in [0.1, 0.15) is 12.7 Å². The van der Waals surface area contributed by atoms with Crippen molar-refractivity contribution in [1.82, 2.24) is 30.0 Å². The number of carbonyl (C=O) groups excluding carboxylic acids is 1. The van der Waals surface area contributed by atoms with Gasteiger partial charge >= 0.3 is 0 Å². The van der Waals surface area contributed by atoms with Gasteiger partial charge < -0.3 is 9.73 Å². The van der Waals surface area contributed by atoms with E-state index in [2.05, 4.69) is 25.4 Å². The molecule has 0 spiro atoms. The van der Waals surface area contributed by atoms with Crippen molar-refractivity contribution in [3.05, 3.63) is 102 Å². The van der Waals surface area contributed by atoms with Crippen LogP contribution in [0, 0.1) is 6.92 Å². The summed E-state index contributed by atoms with van der Waals surface area (Å²) in [5, 5.41) is 7.09. The smallest absolute Gasteiger partial charge is 0.252 e. The molecule has 5 aromatic rings. The number of rotatable bonds is 6. The fraction of sp³-hybridized carbons (Fsp3) is 0.0800. The minimum Gasteiger partial charge on any atom is -0.436 e. The fourth-order valence-electron chi connectivity index (χ4n) is 3.48. The molecule has 162 valence electrons. The molecule has 33 heavy (non-hydrogen) atoms. The highest BCUT2D eigenvalue weighted by Gasteiger charge is 2.17. The van der Waals surface area contributed by atoms with E-state index in [1.165, 1.54) is 11.9 Å². The molecule has 2 aromatic carbocycles. The summed E-state index contributed by atoms with van der Waals surface area (Å²) < 4.78 is 7.56. The van der Waals surface area contributed by atoms with Crippen LogP contribution >= 0.6 is 0 Å². The Morgan fingerprint density at radius 1 is 1.03 bits per heavy atom. The molecule has 5 rings (SSSR count). The molecular formula is C25H20N6O2. The van der Waals surface area contributed by atoms with Crippen molar-refractivity contribution in [3.63, 3.8) is 0 Å². The van der Waals surface area contributed by atoms with Gasteiger partial charge in [-0.2, -0.15) is 5.10 Å². The summed E-state index contributed by atoms with van der Waals surface area (Å²) >= 11 is 0. The summed E-state index contributed by atoms with van der Waals surface area (Å²) in [7, 11) is 0. The van der Waals surface area contributed by atoms with Crippen LogP contribution < -0.4 is 5.32 Å². The number of hydrogen-bond donors (Lipinski definition) is 1. The lowest BCUT2D eigenvalue weighted by Gasteiger charge is -2.11. The van der Waals surface area contributed by atoms with Gasteiger partial charge in [-0.25, -0.2) is 19.6 Å². The second kappa shape index (κ2) is 8.88. The first-order chi connectivity index (χ1) is 16.2. The van der Waals surface area contributed by atoms with Crippen molar-refractivity contribution in [1.29, 1.82) is 0 Å². The maximum absolute atomic E-state index is 13.1. The van der Waals surface area contributed by atoms with Crippen molar-refractivity contribution in [3.8, 4) is 28.6 Å². The van der Waals surface area contributed by atoms with Crippen LogP contribution in [0.5, 0.6) is 0 Å². The lowest BCUT2D eigenvalue weighted by atomic mass is 10.1. The highest BCUT2D eigenvalue weighted by molar-refractivity contribution is 6.00. The molecule has 1 amide bonds. The van der Waals surface area contributed by atoms with Crippen LogP contribution in [0.3, 0.4) is 0 Å². The topological polar surface area (TPSA) is 98.7 Å². The largest absolute Gasteiger partial charge is 0.436 e. The fourth-order valence-corrected chi connectivity index (χ4v) is 3.48. The van der Waals surface area contributed by atoms with Gasteiger partial charge in [0.15, 0.2) is 11.6 Å². The number of amides is 1. The zero-order valence-electron chi connectivity index (χ0n) is 17.8. The van der Waals surface area contributed by atoms with E-state index >= 15 is 0 Å². The third-order valence-electron chi connectivity index (χ3n) is 5.19. The third-order valence-corrected chi connectivity index (χ3v) is 5.19. The zero-order valence-corrected chi connectivity index (χ0v) is 17.8. The van der Waals surface area contributed by atoms with Gasteiger partial charge in [-0.15, -0.1) is 0 Å². The van der Waals surface area contributed by atoms with Gasteiger partial charge in [-0.05, 0) is 25.1 Å². The molecule has 8 heteroatoms. The van der Waals surface area contributed by atoms with Crippen LogP contribution in [0.2, 0.25) is 0 Å². The van der Waals surface area contributed by atoms with Crippen LogP contribution in [0.15, 0.2) is 90.1 Å². The summed E-state index contributed by atoms with van der Waals surface area (Å²) in [5.74, 6) is 1.40. The lowest BCUT2D eigenvalue weighted by Crippen LogP contribution is -2.24. The summed E-state index contributed by atoms with van der Waals surface area (Å²) in [6.07, 6.45) is 6.35. The quantitative estimate of drug-likeness (QED) is 0.428. The Balaban J connectivity index is 1.38. The van der Waals surface area contributed by atoms with E-state index in [0.717, 1.165) is 11.1 Å². The molecule has 0 radical (unpaired) electrons. The average molecular weight is 436 g/mol. The van der Waals surface area contributed by atoms with E-state index in [0.29, 0.717) is 28.6 Å². The maximum Gasteiger partial charge on any atom is 0.252 e. The highest BCUT2D eigenvalue weighted by atomic mass is 16.4. The number of nitrogens with one attached hydrogen (secondary N) is 1. The molecule has 3 heterocycles. The van der Waals surface area contributed by atoms with E-state index in [9.17, 15) is 4.79 Å². The van der Waals surface area contributed by atoms with Crippen molar-refractivity contribution >= 4 is 5.91 Å². The van der Waals surface area contributed by atoms with E-state index < -0.39 is 0 Å². The summed E-state index contributed by atoms with van der Waals surface area (Å²) in [4.78, 5) is 25.8. The average Bonchev–Trinajstić information content (AvgIpc) is 3.56. The first-order valence-corrected chi connectivity index (χ1v) is 10.4. The zero-order chi connectivity index (χ0) is 22.6. The number of aromatic nitrogens is 5. The summed E-state index contributed by atoms with van der Waals surface area (Å²) in [5.41, 5.74) is 4.00. The number of pyridine rings is 1. The van der Waals surface area contributed by atoms with E-state index in [1.807, 2.05) is 61.5 Å². The van der Waals surface area contributed by atoms with E-state index in [4.69, 9.17) is 4.42 Å². The van der Waals surface area contributed by atoms with Gasteiger partial charge in [0.05, 0.1) is 11.8 Å². The predicted molar refractivity (Wildman–Crippen MR) is 122 cm³/mol. The van der Waals surface area contributed by atoms with Crippen molar-refractivity contribution in [2.24, 2.45) is 0 Å². The normalized spacial score (nSPS) is 10.8. The van der Waals surface area contributed by atoms with Crippen LogP contribution in [0.1, 0.15) is 21.5 Å². The van der Waals surface area contributed by atoms with Gasteiger partial charge in [0.2, 0.25) is 5.89 Å². The molecule has 0 atom stereocenters. The van der Waals surface area contributed by atoms with E-state index in [-0.39, 0.29) is 12.5 Å². The molecule has 0 saturated carbocycles. The highest BCUT2D eigenvalue weighted by Crippen LogP contribution is 2.28. The van der Waals surface area contributed by atoms with Crippen LogP contribution in [0.4, 0.5) is 0 Å². The molecule has 0 bridgehead atoms. The van der Waals surface area contributed by atoms with Gasteiger partial charge in [0.25, 0.3) is 5.91 Å². The Kier molecular flexibility index (Phi) is 5.47. The number of aryl methyl sites for hydroxylation is 1. The molecule has 0 saturated heterocycles. The SMILES string of the molecule is Cc1ccc(-c2cnc(-c3ccccc3C(=O)NCc3cccnc3-n3cncn3)o2)cc1. The molecule has 0 aliphatic rings. The second-order valence-corrected chi connectivity index (χ2v) is 7.45. The van der Waals surface area contributed by atoms with Crippen LogP contribution in [-0.2, 0) is 6.54 Å². The number of oxazole rings is 1. The van der Waals surface area contributed by atoms with Gasteiger partial charge in [0, 0.05) is 29.4 Å². The lowest BCUT2D eigenvalue weighted by molar-refractivity contribution is 0.0951. The van der Waals surface area contributed by atoms with Gasteiger partial charge in [-0.1, -0.05) is 48.0 Å². The third kappa shape index (κ3) is 4.27. The minimum absolute atomic E-state index is 0.242. The Morgan fingerprint density at radius 3 is 2.70 bits per heavy atom. The number of nitrogens with zero attached hydrogens (tertiary/aromatic N) is 5. The molecule has 0 unspecified atom stereocenters. The second-order valence-electron chi connectivity index (χ2n) is 7.45. The molecule has 0 fully saturated rings. The molecule has 8 nitrogen and oxygen atoms in total. The van der Waals surface area contributed by atoms with Gasteiger partial charge in [-0.3, -0.25) is 4.79 Å². The summed E-state index contributed by atoms with van der Waals surface area (Å²) in [6, 6.07) is 19.0. The molecule has 3 aromatic heterocycles. The number of carbonyl (C=O) groups is 1. The maximum atomic E-state index is 13.1. The minimum atomic E-state index is -0.242. The molecule has 1 N–H and O–H groups in total. The monoisotopic (exact) mass is 436 g/mol. The van der Waals surface area contributed by atoms with Crippen molar-refractivity contribution in [2.75, 3.05) is 0 Å². The first-order valence-electron chi connectivity index (χ1n) is 10.4. The Bertz CT molecular complexity index is 1390. The number of benzene rings is 2. The Labute approximate surface area is 190 Å². The Hall–Kier alpha value is -4.59. The van der Waals surface area contributed by atoms with Crippen molar-refractivity contribution < 1.29 is 9.21 Å². The molecular weight excluding hydrogens is 416 g/mol. The first kappa shape index (κ1) is 20.3. The predicted octanol–water partition coefficient (Wildman–Crippen LogP) is 4.22. The van der Waals surface area contributed by atoms with Crippen LogP contribution in [-0.4, -0.2) is 30.6 Å². The van der Waals surface area contributed by atoms with Crippen LogP contribution in [0.25, 0.3) is 28.6 Å². The van der Waals surface area contributed by atoms with Crippen molar-refractivity contribution in [2.45, 2.75) is 13.5 Å². The van der Waals surface area contributed by atoms with E-state index in [1.54, 1.807) is 29.5 Å². The molecule has 0 aliphatic heterocycles. The Morgan fingerprint density at radius 2 is 1.88 bits per heavy atom. The standard InChI is InChI=1S/C25H20N6O2/c1-17-8-10-18(11-9-17)22-14-29-25(33-22)21-7-3-2-6-20(21)24(32)28-13-19-5-4-12-27-23(19)31-16-26-15-30-31/h2-12,14-16H,13H2,1H3,(H,28,32). The molecule has 0 aliphatic carbocycles. The summed E-state index contributed by atoms with van der Waals surface area (Å²) in [6.45, 7) is 2.31.